The summed E-state index contributed by atoms with van der Waals surface area (Å²) in [4.78, 5) is 14.3. The molecule has 1 saturated heterocycles. The highest BCUT2D eigenvalue weighted by atomic mass is 35.5. The number of nitrogens with two attached hydrogens (primary N) is 1. The smallest absolute Gasteiger partial charge is 0.241 e. The van der Waals surface area contributed by atoms with Gasteiger partial charge < -0.3 is 11.1 Å². The monoisotopic (exact) mass is 301 g/mol. The van der Waals surface area contributed by atoms with E-state index in [2.05, 4.69) is 10.2 Å². The van der Waals surface area contributed by atoms with E-state index < -0.39 is 0 Å². The molecule has 1 aromatic rings. The first-order chi connectivity index (χ1) is 8.99. The lowest BCUT2D eigenvalue weighted by molar-refractivity contribution is -0.120. The Kier molecular flexibility index (Phi) is 4.55. The number of amides is 1. The molecule has 4 nitrogen and oxygen atoms in total. The number of benzene rings is 1. The van der Waals surface area contributed by atoms with E-state index in [-0.39, 0.29) is 11.9 Å². The molecule has 104 valence electrons. The number of rotatable bonds is 3. The number of carbonyl (C=O) groups excluding carboxylic acids is 1. The summed E-state index contributed by atoms with van der Waals surface area (Å²) in [5.41, 5.74) is 6.63. The third kappa shape index (κ3) is 3.32. The van der Waals surface area contributed by atoms with Crippen LogP contribution in [0.3, 0.4) is 0 Å². The lowest BCUT2D eigenvalue weighted by Crippen LogP contribution is -2.40. The van der Waals surface area contributed by atoms with E-state index >= 15 is 0 Å². The van der Waals surface area contributed by atoms with Gasteiger partial charge in [-0.25, -0.2) is 0 Å². The zero-order valence-corrected chi connectivity index (χ0v) is 12.3. The highest BCUT2D eigenvalue weighted by molar-refractivity contribution is 6.37. The first kappa shape index (κ1) is 14.4. The van der Waals surface area contributed by atoms with Gasteiger partial charge in [0.2, 0.25) is 5.91 Å². The first-order valence-electron chi connectivity index (χ1n) is 6.28. The summed E-state index contributed by atoms with van der Waals surface area (Å²) < 4.78 is 0. The molecule has 3 N–H and O–H groups in total. The van der Waals surface area contributed by atoms with Crippen molar-refractivity contribution in [3.8, 4) is 0 Å². The molecule has 1 heterocycles. The highest BCUT2D eigenvalue weighted by Crippen LogP contribution is 2.32. The van der Waals surface area contributed by atoms with Gasteiger partial charge in [0.25, 0.3) is 0 Å². The Balaban J connectivity index is 2.10. The van der Waals surface area contributed by atoms with Gasteiger partial charge in [0, 0.05) is 5.02 Å². The normalized spacial score (nSPS) is 17.4. The average molecular weight is 302 g/mol. The van der Waals surface area contributed by atoms with Crippen LogP contribution in [0, 0.1) is 0 Å². The average Bonchev–Trinajstić information content (AvgIpc) is 2.86. The van der Waals surface area contributed by atoms with Crippen molar-refractivity contribution in [1.29, 1.82) is 0 Å². The van der Waals surface area contributed by atoms with Crippen LogP contribution in [-0.4, -0.2) is 29.9 Å². The standard InChI is InChI=1S/C13H17Cl2N3O/c1-8(18-4-2-3-5-18)13(19)17-12-10(15)6-9(14)7-11(12)16/h6-8H,2-5,16H2,1H3,(H,17,19). The number of nitrogen functional groups attached to an aromatic ring is 1. The summed E-state index contributed by atoms with van der Waals surface area (Å²) in [5, 5.41) is 3.59. The summed E-state index contributed by atoms with van der Waals surface area (Å²) in [6.45, 7) is 3.80. The summed E-state index contributed by atoms with van der Waals surface area (Å²) >= 11 is 11.9. The lowest BCUT2D eigenvalue weighted by atomic mass is 10.2. The van der Waals surface area contributed by atoms with Gasteiger partial charge >= 0.3 is 0 Å². The molecule has 6 heteroatoms. The summed E-state index contributed by atoms with van der Waals surface area (Å²) in [6.07, 6.45) is 2.28. The molecule has 1 aliphatic heterocycles. The minimum Gasteiger partial charge on any atom is -0.397 e. The van der Waals surface area contributed by atoms with Crippen molar-refractivity contribution >= 4 is 40.5 Å². The molecule has 1 amide bonds. The van der Waals surface area contributed by atoms with Crippen molar-refractivity contribution < 1.29 is 4.79 Å². The number of nitrogens with one attached hydrogen (secondary N) is 1. The topological polar surface area (TPSA) is 58.4 Å². The molecule has 1 aromatic carbocycles. The molecule has 0 aromatic heterocycles. The van der Waals surface area contributed by atoms with Gasteiger partial charge in [-0.3, -0.25) is 9.69 Å². The summed E-state index contributed by atoms with van der Waals surface area (Å²) in [6, 6.07) is 2.95. The van der Waals surface area contributed by atoms with Crippen molar-refractivity contribution in [2.45, 2.75) is 25.8 Å². The molecule has 0 radical (unpaired) electrons. The quantitative estimate of drug-likeness (QED) is 0.844. The minimum absolute atomic E-state index is 0.0992. The van der Waals surface area contributed by atoms with E-state index in [1.807, 2.05) is 6.92 Å². The van der Waals surface area contributed by atoms with E-state index in [4.69, 9.17) is 28.9 Å². The van der Waals surface area contributed by atoms with E-state index in [0.717, 1.165) is 25.9 Å². The van der Waals surface area contributed by atoms with Crippen molar-refractivity contribution in [2.24, 2.45) is 0 Å². The van der Waals surface area contributed by atoms with Gasteiger partial charge in [-0.1, -0.05) is 23.2 Å². The van der Waals surface area contributed by atoms with E-state index in [0.29, 0.717) is 21.4 Å². The van der Waals surface area contributed by atoms with Crippen LogP contribution in [0.15, 0.2) is 12.1 Å². The van der Waals surface area contributed by atoms with Crippen LogP contribution in [0.4, 0.5) is 11.4 Å². The molecule has 19 heavy (non-hydrogen) atoms. The fourth-order valence-corrected chi connectivity index (χ4v) is 2.80. The second-order valence-electron chi connectivity index (χ2n) is 4.76. The Bertz CT molecular complexity index is 464. The number of nitrogens with zero attached hydrogens (tertiary/aromatic N) is 1. The largest absolute Gasteiger partial charge is 0.397 e. The molecule has 1 atom stereocenters. The maximum Gasteiger partial charge on any atom is 0.241 e. The number of anilines is 2. The van der Waals surface area contributed by atoms with Gasteiger partial charge in [0.1, 0.15) is 0 Å². The van der Waals surface area contributed by atoms with E-state index in [1.54, 1.807) is 12.1 Å². The van der Waals surface area contributed by atoms with E-state index in [1.165, 1.54) is 0 Å². The minimum atomic E-state index is -0.186. The molecule has 0 aliphatic carbocycles. The van der Waals surface area contributed by atoms with Crippen LogP contribution in [0.25, 0.3) is 0 Å². The molecule has 1 fully saturated rings. The fourth-order valence-electron chi connectivity index (χ4n) is 2.25. The second-order valence-corrected chi connectivity index (χ2v) is 5.60. The maximum absolute atomic E-state index is 12.2. The van der Waals surface area contributed by atoms with Crippen LogP contribution in [-0.2, 0) is 4.79 Å². The Morgan fingerprint density at radius 2 is 2.00 bits per heavy atom. The molecular formula is C13H17Cl2N3O. The number of hydrogen-bond acceptors (Lipinski definition) is 3. The van der Waals surface area contributed by atoms with Crippen LogP contribution < -0.4 is 11.1 Å². The van der Waals surface area contributed by atoms with E-state index in [9.17, 15) is 4.79 Å². The van der Waals surface area contributed by atoms with Crippen LogP contribution in [0.2, 0.25) is 10.0 Å². The predicted octanol–water partition coefficient (Wildman–Crippen LogP) is 3.00. The molecule has 2 rings (SSSR count). The van der Waals surface area contributed by atoms with Crippen molar-refractivity contribution in [2.75, 3.05) is 24.1 Å². The van der Waals surface area contributed by atoms with Gasteiger partial charge in [-0.15, -0.1) is 0 Å². The van der Waals surface area contributed by atoms with Crippen molar-refractivity contribution in [3.05, 3.63) is 22.2 Å². The molecule has 1 aliphatic rings. The zero-order chi connectivity index (χ0) is 14.0. The first-order valence-corrected chi connectivity index (χ1v) is 7.04. The van der Waals surface area contributed by atoms with Crippen LogP contribution >= 0.6 is 23.2 Å². The highest BCUT2D eigenvalue weighted by Gasteiger charge is 2.24. The zero-order valence-electron chi connectivity index (χ0n) is 10.7. The van der Waals surface area contributed by atoms with Gasteiger partial charge in [0.15, 0.2) is 0 Å². The Labute approximate surface area is 122 Å². The van der Waals surface area contributed by atoms with Crippen LogP contribution in [0.5, 0.6) is 0 Å². The predicted molar refractivity (Wildman–Crippen MR) is 79.8 cm³/mol. The molecule has 1 unspecified atom stereocenters. The SMILES string of the molecule is CC(C(=O)Nc1c(N)cc(Cl)cc1Cl)N1CCCC1. The number of hydrogen-bond donors (Lipinski definition) is 2. The van der Waals surface area contributed by atoms with Gasteiger partial charge in [-0.05, 0) is 45.0 Å². The van der Waals surface area contributed by atoms with Crippen LogP contribution in [0.1, 0.15) is 19.8 Å². The molecular weight excluding hydrogens is 285 g/mol. The molecule has 0 bridgehead atoms. The Morgan fingerprint density at radius 3 is 2.58 bits per heavy atom. The van der Waals surface area contributed by atoms with Gasteiger partial charge in [-0.2, -0.15) is 0 Å². The third-order valence-electron chi connectivity index (χ3n) is 3.40. The summed E-state index contributed by atoms with van der Waals surface area (Å²) in [5.74, 6) is -0.0992. The Hall–Kier alpha value is -0.970. The third-order valence-corrected chi connectivity index (χ3v) is 3.92. The Morgan fingerprint density at radius 1 is 1.37 bits per heavy atom. The fraction of sp³-hybridized carbons (Fsp3) is 0.462. The van der Waals surface area contributed by atoms with Crippen molar-refractivity contribution in [3.63, 3.8) is 0 Å². The van der Waals surface area contributed by atoms with Gasteiger partial charge in [0.05, 0.1) is 22.4 Å². The number of likely N-dealkylation sites (tertiary alicyclic amines) is 1. The number of halogens is 2. The maximum atomic E-state index is 12.2. The second kappa shape index (κ2) is 5.99. The molecule has 0 saturated carbocycles. The van der Waals surface area contributed by atoms with Crippen molar-refractivity contribution in [1.82, 2.24) is 4.90 Å². The lowest BCUT2D eigenvalue weighted by Gasteiger charge is -2.23. The number of carbonyl (C=O) groups is 1. The summed E-state index contributed by atoms with van der Waals surface area (Å²) in [7, 11) is 0. The molecule has 0 spiro atoms.